The molecule has 6 heteroatoms. The van der Waals surface area contributed by atoms with Gasteiger partial charge in [0.15, 0.2) is 0 Å². The van der Waals surface area contributed by atoms with E-state index in [0.717, 1.165) is 27.8 Å². The largest absolute Gasteiger partial charge is 0.340 e. The third kappa shape index (κ3) is 2.32. The Bertz CT molecular complexity index is 794. The Morgan fingerprint density at radius 1 is 1.10 bits per heavy atom. The van der Waals surface area contributed by atoms with Gasteiger partial charge in [0.1, 0.15) is 11.6 Å². The number of hydrogen-bond donors (Lipinski definition) is 1. The maximum atomic E-state index is 6.04. The highest BCUT2D eigenvalue weighted by Gasteiger charge is 2.08. The van der Waals surface area contributed by atoms with E-state index in [4.69, 9.17) is 11.6 Å². The molecule has 2 aromatic heterocycles. The molecule has 2 heterocycles. The van der Waals surface area contributed by atoms with Crippen LogP contribution in [0.1, 0.15) is 17.1 Å². The van der Waals surface area contributed by atoms with Gasteiger partial charge in [-0.15, -0.1) is 5.10 Å². The summed E-state index contributed by atoms with van der Waals surface area (Å²) in [5.74, 6) is 2.11. The lowest BCUT2D eigenvalue weighted by atomic mass is 10.2. The van der Waals surface area contributed by atoms with E-state index in [2.05, 4.69) is 20.4 Å². The van der Waals surface area contributed by atoms with Gasteiger partial charge in [-0.25, -0.2) is 4.98 Å². The molecule has 0 saturated heterocycles. The van der Waals surface area contributed by atoms with Gasteiger partial charge in [-0.2, -0.15) is 9.50 Å². The lowest BCUT2D eigenvalue weighted by Crippen LogP contribution is -2.02. The average Bonchev–Trinajstić information content (AvgIpc) is 2.74. The van der Waals surface area contributed by atoms with Crippen molar-refractivity contribution in [2.45, 2.75) is 20.8 Å². The Morgan fingerprint density at radius 2 is 1.90 bits per heavy atom. The molecular weight excluding hydrogens is 274 g/mol. The number of nitrogens with one attached hydrogen (secondary N) is 1. The average molecular weight is 288 g/mol. The van der Waals surface area contributed by atoms with Crippen molar-refractivity contribution in [2.24, 2.45) is 0 Å². The lowest BCUT2D eigenvalue weighted by Gasteiger charge is -2.09. The van der Waals surface area contributed by atoms with E-state index in [-0.39, 0.29) is 0 Å². The summed E-state index contributed by atoms with van der Waals surface area (Å²) in [5, 5.41) is 8.43. The molecule has 0 spiro atoms. The van der Waals surface area contributed by atoms with E-state index in [1.54, 1.807) is 4.52 Å². The molecule has 0 aliphatic heterocycles. The van der Waals surface area contributed by atoms with Crippen molar-refractivity contribution in [1.82, 2.24) is 19.6 Å². The van der Waals surface area contributed by atoms with E-state index in [1.807, 2.05) is 45.0 Å². The molecule has 0 unspecified atom stereocenters. The first-order chi connectivity index (χ1) is 9.52. The van der Waals surface area contributed by atoms with Gasteiger partial charge in [0.25, 0.3) is 5.78 Å². The van der Waals surface area contributed by atoms with E-state index in [9.17, 15) is 0 Å². The highest BCUT2D eigenvalue weighted by Crippen LogP contribution is 2.23. The summed E-state index contributed by atoms with van der Waals surface area (Å²) in [6, 6.07) is 7.73. The molecule has 3 aromatic rings. The Hall–Kier alpha value is -2.14. The minimum atomic E-state index is 0.593. The maximum absolute atomic E-state index is 6.04. The third-order valence-corrected chi connectivity index (χ3v) is 3.40. The van der Waals surface area contributed by atoms with Crippen molar-refractivity contribution >= 4 is 28.9 Å². The smallest absolute Gasteiger partial charge is 0.254 e. The van der Waals surface area contributed by atoms with Crippen molar-refractivity contribution in [1.29, 1.82) is 0 Å². The molecule has 0 saturated carbocycles. The number of rotatable bonds is 2. The number of aryl methyl sites for hydroxylation is 3. The van der Waals surface area contributed by atoms with Gasteiger partial charge in [-0.3, -0.25) is 0 Å². The second-order valence-electron chi connectivity index (χ2n) is 4.74. The van der Waals surface area contributed by atoms with Crippen molar-refractivity contribution in [3.05, 3.63) is 46.4 Å². The zero-order valence-corrected chi connectivity index (χ0v) is 12.2. The molecule has 5 nitrogen and oxygen atoms in total. The molecule has 1 aromatic carbocycles. The highest BCUT2D eigenvalue weighted by molar-refractivity contribution is 6.31. The third-order valence-electron chi connectivity index (χ3n) is 2.98. The monoisotopic (exact) mass is 287 g/mol. The molecule has 0 amide bonds. The molecular formula is C14H14ClN5. The van der Waals surface area contributed by atoms with Crippen LogP contribution in [0.2, 0.25) is 5.02 Å². The number of fused-ring (bicyclic) bond motifs is 1. The van der Waals surface area contributed by atoms with Crippen LogP contribution in [0.4, 0.5) is 11.5 Å². The van der Waals surface area contributed by atoms with Crippen LogP contribution in [0.3, 0.4) is 0 Å². The van der Waals surface area contributed by atoms with Crippen molar-refractivity contribution < 1.29 is 0 Å². The van der Waals surface area contributed by atoms with Gasteiger partial charge in [-0.05, 0) is 44.5 Å². The maximum Gasteiger partial charge on any atom is 0.254 e. The van der Waals surface area contributed by atoms with E-state index >= 15 is 0 Å². The molecule has 0 aliphatic rings. The quantitative estimate of drug-likeness (QED) is 0.784. The van der Waals surface area contributed by atoms with Crippen LogP contribution >= 0.6 is 11.6 Å². The molecule has 0 atom stereocenters. The van der Waals surface area contributed by atoms with Crippen LogP contribution < -0.4 is 5.32 Å². The van der Waals surface area contributed by atoms with Gasteiger partial charge < -0.3 is 5.32 Å². The van der Waals surface area contributed by atoms with Crippen LogP contribution in [0.5, 0.6) is 0 Å². The fourth-order valence-electron chi connectivity index (χ4n) is 2.05. The zero-order chi connectivity index (χ0) is 14.3. The Balaban J connectivity index is 2.07. The molecule has 0 fully saturated rings. The Kier molecular flexibility index (Phi) is 3.06. The minimum Gasteiger partial charge on any atom is -0.340 e. The fraction of sp³-hybridized carbons (Fsp3) is 0.214. The zero-order valence-electron chi connectivity index (χ0n) is 11.5. The number of hydrogen-bond acceptors (Lipinski definition) is 4. The van der Waals surface area contributed by atoms with E-state index in [1.165, 1.54) is 0 Å². The van der Waals surface area contributed by atoms with Crippen molar-refractivity contribution in [3.8, 4) is 0 Å². The van der Waals surface area contributed by atoms with Crippen LogP contribution in [-0.4, -0.2) is 19.6 Å². The summed E-state index contributed by atoms with van der Waals surface area (Å²) >= 11 is 6.04. The second-order valence-corrected chi connectivity index (χ2v) is 5.15. The molecule has 0 radical (unpaired) electrons. The van der Waals surface area contributed by atoms with E-state index < -0.39 is 0 Å². The van der Waals surface area contributed by atoms with Gasteiger partial charge >= 0.3 is 0 Å². The first-order valence-corrected chi connectivity index (χ1v) is 6.65. The normalized spacial score (nSPS) is 11.0. The summed E-state index contributed by atoms with van der Waals surface area (Å²) in [4.78, 5) is 8.65. The van der Waals surface area contributed by atoms with E-state index in [0.29, 0.717) is 11.6 Å². The standard InChI is InChI=1S/C14H14ClN5/c1-8-6-11(4-5-12(8)15)18-13-7-9(2)16-14-17-10(3)19-20(13)14/h4-7,18H,1-3H3. The van der Waals surface area contributed by atoms with Gasteiger partial charge in [0, 0.05) is 22.5 Å². The first kappa shape index (κ1) is 12.9. The summed E-state index contributed by atoms with van der Waals surface area (Å²) in [5.41, 5.74) is 2.86. The Morgan fingerprint density at radius 3 is 2.65 bits per heavy atom. The van der Waals surface area contributed by atoms with Crippen LogP contribution in [0, 0.1) is 20.8 Å². The number of benzene rings is 1. The van der Waals surface area contributed by atoms with Crippen molar-refractivity contribution in [2.75, 3.05) is 5.32 Å². The first-order valence-electron chi connectivity index (χ1n) is 6.27. The molecule has 102 valence electrons. The number of halogens is 1. The summed E-state index contributed by atoms with van der Waals surface area (Å²) in [6.45, 7) is 5.75. The van der Waals surface area contributed by atoms with Crippen LogP contribution in [0.25, 0.3) is 5.78 Å². The molecule has 0 aliphatic carbocycles. The van der Waals surface area contributed by atoms with Crippen LogP contribution in [-0.2, 0) is 0 Å². The lowest BCUT2D eigenvalue weighted by molar-refractivity contribution is 0.917. The topological polar surface area (TPSA) is 55.1 Å². The van der Waals surface area contributed by atoms with Gasteiger partial charge in [-0.1, -0.05) is 11.6 Å². The number of anilines is 2. The SMILES string of the molecule is Cc1cc(Nc2ccc(Cl)c(C)c2)n2nc(C)nc2n1. The number of nitrogens with zero attached hydrogens (tertiary/aromatic N) is 4. The van der Waals surface area contributed by atoms with Crippen LogP contribution in [0.15, 0.2) is 24.3 Å². The van der Waals surface area contributed by atoms with Crippen molar-refractivity contribution in [3.63, 3.8) is 0 Å². The minimum absolute atomic E-state index is 0.593. The fourth-order valence-corrected chi connectivity index (χ4v) is 2.16. The Labute approximate surface area is 121 Å². The summed E-state index contributed by atoms with van der Waals surface area (Å²) < 4.78 is 1.70. The summed E-state index contributed by atoms with van der Waals surface area (Å²) in [7, 11) is 0. The summed E-state index contributed by atoms with van der Waals surface area (Å²) in [6.07, 6.45) is 0. The molecule has 1 N–H and O–H groups in total. The van der Waals surface area contributed by atoms with Gasteiger partial charge in [0.05, 0.1) is 0 Å². The second kappa shape index (κ2) is 4.76. The highest BCUT2D eigenvalue weighted by atomic mass is 35.5. The predicted molar refractivity (Wildman–Crippen MR) is 79.7 cm³/mol. The molecule has 0 bridgehead atoms. The van der Waals surface area contributed by atoms with Gasteiger partial charge in [0.2, 0.25) is 0 Å². The molecule has 3 rings (SSSR count). The number of aromatic nitrogens is 4. The predicted octanol–water partition coefficient (Wildman–Crippen LogP) is 3.45. The molecule has 20 heavy (non-hydrogen) atoms.